The Morgan fingerprint density at radius 1 is 1.02 bits per heavy atom. The molecule has 47 heavy (non-hydrogen) atoms. The van der Waals surface area contributed by atoms with Crippen LogP contribution in [0.2, 0.25) is 5.02 Å². The van der Waals surface area contributed by atoms with Crippen LogP contribution in [0.1, 0.15) is 45.6 Å². The van der Waals surface area contributed by atoms with Crippen LogP contribution in [-0.2, 0) is 20.9 Å². The first-order chi connectivity index (χ1) is 22.7. The molecule has 6 unspecified atom stereocenters. The van der Waals surface area contributed by atoms with E-state index in [2.05, 4.69) is 27.0 Å². The number of H-pyrrole nitrogens is 1. The van der Waals surface area contributed by atoms with Crippen LogP contribution in [0.4, 0.5) is 5.69 Å². The smallest absolute Gasteiger partial charge is 0.338 e. The fourth-order valence-electron chi connectivity index (χ4n) is 8.26. The molecule has 240 valence electrons. The summed E-state index contributed by atoms with van der Waals surface area (Å²) in [4.78, 5) is 58.4. The lowest BCUT2D eigenvalue weighted by Crippen LogP contribution is -2.42. The van der Waals surface area contributed by atoms with Crippen molar-refractivity contribution in [3.05, 3.63) is 107 Å². The van der Waals surface area contributed by atoms with Crippen LogP contribution in [0.3, 0.4) is 0 Å². The van der Waals surface area contributed by atoms with Gasteiger partial charge in [0.25, 0.3) is 0 Å². The number of rotatable bonds is 7. The number of carbonyl (C=O) groups is 3. The number of nitrogens with one attached hydrogen (secondary N) is 1. The van der Waals surface area contributed by atoms with Gasteiger partial charge in [0.15, 0.2) is 0 Å². The maximum absolute atomic E-state index is 14.2. The molecule has 0 spiro atoms. The Morgan fingerprint density at radius 2 is 1.79 bits per heavy atom. The van der Waals surface area contributed by atoms with Gasteiger partial charge in [-0.2, -0.15) is 0 Å². The number of esters is 1. The number of carbonyl (C=O) groups excluding carboxylic acids is 3. The summed E-state index contributed by atoms with van der Waals surface area (Å²) in [5.41, 5.74) is 2.70. The number of aromatic nitrogens is 1. The predicted octanol–water partition coefficient (Wildman–Crippen LogP) is 7.29. The first-order valence-corrected chi connectivity index (χ1v) is 18.3. The third-order valence-corrected chi connectivity index (χ3v) is 13.3. The molecule has 1 aromatic heterocycles. The summed E-state index contributed by atoms with van der Waals surface area (Å²) in [5.74, 6) is -1.30. The van der Waals surface area contributed by atoms with Gasteiger partial charge in [-0.1, -0.05) is 51.0 Å². The second-order valence-corrected chi connectivity index (χ2v) is 15.9. The lowest BCUT2D eigenvalue weighted by Gasteiger charge is -2.43. The van der Waals surface area contributed by atoms with Gasteiger partial charge in [0.1, 0.15) is 12.4 Å². The average Bonchev–Trinajstić information content (AvgIpc) is 3.79. The molecule has 3 aromatic carbocycles. The third kappa shape index (κ3) is 5.08. The first kappa shape index (κ1) is 30.9. The standard InChI is InChI=1S/C35H28BrClN2O6S2/c1-2-44-34(42)17-6-9-20(10-7-17)39-32(40)27-22-14-23(28(27)33(39)41)29-26(22)25(30-31(46-29)38-35(43)47-30)21-13-18(36)8-11-24(21)45-15-16-4-3-5-19(37)12-16/h3-13,22-23,25-29H,2,14-15H2,1H3,(H,38,43)/t22?,23?,25-,26?,27?,28?,29?/m1/s1. The molecule has 12 heteroatoms. The van der Waals surface area contributed by atoms with Crippen LogP contribution >= 0.6 is 50.6 Å². The van der Waals surface area contributed by atoms with Crippen molar-refractivity contribution in [1.29, 1.82) is 0 Å². The summed E-state index contributed by atoms with van der Waals surface area (Å²) < 4.78 is 12.4. The van der Waals surface area contributed by atoms with Crippen molar-refractivity contribution >= 4 is 74.1 Å². The maximum atomic E-state index is 14.2. The van der Waals surface area contributed by atoms with E-state index in [0.29, 0.717) is 28.6 Å². The van der Waals surface area contributed by atoms with Gasteiger partial charge < -0.3 is 14.5 Å². The van der Waals surface area contributed by atoms with Crippen molar-refractivity contribution in [3.63, 3.8) is 0 Å². The summed E-state index contributed by atoms with van der Waals surface area (Å²) in [6.07, 6.45) is 0.771. The molecular formula is C35H28BrClN2O6S2. The van der Waals surface area contributed by atoms with Crippen molar-refractivity contribution in [2.45, 2.75) is 36.1 Å². The molecule has 2 saturated carbocycles. The normalized spacial score (nSPS) is 27.0. The molecule has 2 bridgehead atoms. The van der Waals surface area contributed by atoms with E-state index in [4.69, 9.17) is 21.1 Å². The lowest BCUT2D eigenvalue weighted by atomic mass is 9.68. The SMILES string of the molecule is CCOC(=O)c1ccc(N2C(=O)C3C4CC(C3C2=O)C2C4Sc3[nH]c(=O)sc3[C@@H]2c2cc(Br)ccc2OCc2cccc(Cl)c2)cc1. The zero-order valence-electron chi connectivity index (χ0n) is 25.0. The highest BCUT2D eigenvalue weighted by Gasteiger charge is 2.69. The number of hydrogen-bond acceptors (Lipinski definition) is 8. The molecule has 3 fully saturated rings. The molecule has 2 aliphatic carbocycles. The van der Waals surface area contributed by atoms with Gasteiger partial charge in [0.05, 0.1) is 34.7 Å². The molecule has 2 aliphatic heterocycles. The number of halogens is 2. The molecule has 8 rings (SSSR count). The number of benzene rings is 3. The van der Waals surface area contributed by atoms with E-state index in [1.165, 1.54) is 16.2 Å². The fourth-order valence-corrected chi connectivity index (χ4v) is 11.7. The molecular weight excluding hydrogens is 724 g/mol. The fraction of sp³-hybridized carbons (Fsp3) is 0.314. The van der Waals surface area contributed by atoms with Crippen molar-refractivity contribution in [3.8, 4) is 5.75 Å². The minimum atomic E-state index is -0.457. The highest BCUT2D eigenvalue weighted by atomic mass is 79.9. The summed E-state index contributed by atoms with van der Waals surface area (Å²) >= 11 is 12.8. The van der Waals surface area contributed by atoms with Crippen molar-refractivity contribution in [1.82, 2.24) is 4.98 Å². The van der Waals surface area contributed by atoms with Crippen LogP contribution in [0, 0.1) is 29.6 Å². The van der Waals surface area contributed by atoms with Crippen LogP contribution in [0.15, 0.2) is 81.0 Å². The molecule has 3 heterocycles. The van der Waals surface area contributed by atoms with Crippen molar-refractivity contribution in [2.75, 3.05) is 11.5 Å². The number of nitrogens with zero attached hydrogens (tertiary/aromatic N) is 1. The van der Waals surface area contributed by atoms with Crippen LogP contribution < -0.4 is 14.5 Å². The highest BCUT2D eigenvalue weighted by molar-refractivity contribution is 9.10. The number of imide groups is 1. The molecule has 4 aromatic rings. The van der Waals surface area contributed by atoms with Crippen LogP contribution in [0.25, 0.3) is 0 Å². The van der Waals surface area contributed by atoms with E-state index in [1.54, 1.807) is 43.0 Å². The van der Waals surface area contributed by atoms with Gasteiger partial charge in [-0.3, -0.25) is 19.3 Å². The zero-order valence-corrected chi connectivity index (χ0v) is 29.0. The lowest BCUT2D eigenvalue weighted by molar-refractivity contribution is -0.123. The quantitative estimate of drug-likeness (QED) is 0.156. The van der Waals surface area contributed by atoms with E-state index in [0.717, 1.165) is 31.9 Å². The second kappa shape index (κ2) is 11.9. The van der Waals surface area contributed by atoms with Gasteiger partial charge in [0, 0.05) is 31.1 Å². The Labute approximate surface area is 291 Å². The monoisotopic (exact) mass is 750 g/mol. The number of thioether (sulfide) groups is 1. The number of aromatic amines is 1. The second-order valence-electron chi connectivity index (χ2n) is 12.3. The van der Waals surface area contributed by atoms with Crippen LogP contribution in [0.5, 0.6) is 5.75 Å². The molecule has 1 N–H and O–H groups in total. The zero-order chi connectivity index (χ0) is 32.6. The number of thiazole rings is 1. The Balaban J connectivity index is 1.15. The number of ether oxygens (including phenoxy) is 2. The minimum absolute atomic E-state index is 0.0101. The van der Waals surface area contributed by atoms with Crippen LogP contribution in [-0.4, -0.2) is 34.6 Å². The summed E-state index contributed by atoms with van der Waals surface area (Å²) in [7, 11) is 0. The third-order valence-electron chi connectivity index (χ3n) is 9.95. The maximum Gasteiger partial charge on any atom is 0.338 e. The number of fused-ring (bicyclic) bond motifs is 9. The van der Waals surface area contributed by atoms with E-state index in [1.807, 2.05) is 36.4 Å². The largest absolute Gasteiger partial charge is 0.489 e. The Bertz CT molecular complexity index is 2000. The number of anilines is 1. The van der Waals surface area contributed by atoms with E-state index < -0.39 is 17.8 Å². The number of amides is 2. The highest BCUT2D eigenvalue weighted by Crippen LogP contribution is 2.69. The summed E-state index contributed by atoms with van der Waals surface area (Å²) in [5, 5.41) is 1.50. The Hall–Kier alpha value is -3.38. The van der Waals surface area contributed by atoms with E-state index in [-0.39, 0.29) is 52.2 Å². The average molecular weight is 752 g/mol. The summed E-state index contributed by atoms with van der Waals surface area (Å²) in [6, 6.07) is 19.9. The molecule has 0 radical (unpaired) electrons. The van der Waals surface area contributed by atoms with Gasteiger partial charge >= 0.3 is 10.8 Å². The molecule has 4 aliphatic rings. The molecule has 8 nitrogen and oxygen atoms in total. The molecule has 1 saturated heterocycles. The molecule has 7 atom stereocenters. The van der Waals surface area contributed by atoms with E-state index >= 15 is 0 Å². The molecule has 2 amide bonds. The van der Waals surface area contributed by atoms with Gasteiger partial charge in [-0.25, -0.2) is 4.79 Å². The minimum Gasteiger partial charge on any atom is -0.489 e. The Kier molecular flexibility index (Phi) is 7.86. The van der Waals surface area contributed by atoms with Crippen molar-refractivity contribution < 1.29 is 23.9 Å². The first-order valence-electron chi connectivity index (χ1n) is 15.4. The topological polar surface area (TPSA) is 106 Å². The van der Waals surface area contributed by atoms with E-state index in [9.17, 15) is 19.2 Å². The predicted molar refractivity (Wildman–Crippen MR) is 183 cm³/mol. The number of hydrogen-bond donors (Lipinski definition) is 1. The Morgan fingerprint density at radius 3 is 2.53 bits per heavy atom. The van der Waals surface area contributed by atoms with Gasteiger partial charge in [-0.05, 0) is 91.3 Å². The summed E-state index contributed by atoms with van der Waals surface area (Å²) in [6.45, 7) is 2.31. The van der Waals surface area contributed by atoms with Gasteiger partial charge in [-0.15, -0.1) is 11.8 Å². The van der Waals surface area contributed by atoms with Gasteiger partial charge in [0.2, 0.25) is 11.8 Å². The van der Waals surface area contributed by atoms with Crippen molar-refractivity contribution in [2.24, 2.45) is 29.6 Å².